The first-order valence-corrected chi connectivity index (χ1v) is 8.31. The van der Waals surface area contributed by atoms with Crippen LogP contribution in [0.3, 0.4) is 0 Å². The van der Waals surface area contributed by atoms with Gasteiger partial charge in [-0.3, -0.25) is 9.59 Å². The molecule has 2 aromatic rings. The quantitative estimate of drug-likeness (QED) is 0.849. The molecule has 0 radical (unpaired) electrons. The second-order valence-electron chi connectivity index (χ2n) is 7.19. The third-order valence-electron chi connectivity index (χ3n) is 3.90. The van der Waals surface area contributed by atoms with Crippen molar-refractivity contribution in [2.45, 2.75) is 41.2 Å². The van der Waals surface area contributed by atoms with E-state index in [1.165, 1.54) is 0 Å². The predicted molar refractivity (Wildman–Crippen MR) is 99.2 cm³/mol. The Morgan fingerprint density at radius 1 is 1.19 bits per heavy atom. The maximum Gasteiger partial charge on any atom is 0.278 e. The summed E-state index contributed by atoms with van der Waals surface area (Å²) >= 11 is 0. The van der Waals surface area contributed by atoms with Crippen LogP contribution in [0.5, 0.6) is 0 Å². The number of anilines is 2. The van der Waals surface area contributed by atoms with Crippen LogP contribution in [0, 0.1) is 19.3 Å². The molecule has 0 bridgehead atoms. The minimum atomic E-state index is -0.484. The number of nitrogens with zero attached hydrogens (tertiary/aromatic N) is 1. The van der Waals surface area contributed by atoms with Crippen molar-refractivity contribution in [3.63, 3.8) is 0 Å². The van der Waals surface area contributed by atoms with Gasteiger partial charge in [0, 0.05) is 23.9 Å². The van der Waals surface area contributed by atoms with Gasteiger partial charge in [-0.2, -0.15) is 0 Å². The fourth-order valence-corrected chi connectivity index (χ4v) is 2.27. The standard InChI is InChI=1S/C19H25N3O4/c1-11-9-13(7-8-15(11)21-18(24)19(3,4)5)20-17(23)16-14(10-25-6)12(2)26-22-16/h7-9H,10H2,1-6H3,(H,20,23)(H,21,24). The molecule has 1 aromatic carbocycles. The zero-order chi connectivity index (χ0) is 19.5. The molecule has 7 heteroatoms. The van der Waals surface area contributed by atoms with E-state index in [1.807, 2.05) is 27.7 Å². The van der Waals surface area contributed by atoms with E-state index in [9.17, 15) is 9.59 Å². The molecule has 0 spiro atoms. The molecule has 0 aliphatic heterocycles. The number of amides is 2. The monoisotopic (exact) mass is 359 g/mol. The summed E-state index contributed by atoms with van der Waals surface area (Å²) in [5.41, 5.74) is 2.49. The zero-order valence-corrected chi connectivity index (χ0v) is 16.0. The first kappa shape index (κ1) is 19.7. The highest BCUT2D eigenvalue weighted by Gasteiger charge is 2.22. The molecule has 0 fully saturated rings. The molecule has 0 saturated heterocycles. The van der Waals surface area contributed by atoms with E-state index in [0.717, 1.165) is 5.56 Å². The number of methoxy groups -OCH3 is 1. The second-order valence-corrected chi connectivity index (χ2v) is 7.19. The Hall–Kier alpha value is -2.67. The lowest BCUT2D eigenvalue weighted by atomic mass is 9.95. The highest BCUT2D eigenvalue weighted by atomic mass is 16.5. The molecule has 0 aliphatic carbocycles. The lowest BCUT2D eigenvalue weighted by Crippen LogP contribution is -2.27. The SMILES string of the molecule is COCc1c(C(=O)Nc2ccc(NC(=O)C(C)(C)C)c(C)c2)noc1C. The lowest BCUT2D eigenvalue weighted by Gasteiger charge is -2.19. The predicted octanol–water partition coefficient (Wildman–Crippen LogP) is 3.67. The van der Waals surface area contributed by atoms with E-state index in [1.54, 1.807) is 32.2 Å². The van der Waals surface area contributed by atoms with E-state index >= 15 is 0 Å². The average Bonchev–Trinajstić information content (AvgIpc) is 2.90. The summed E-state index contributed by atoms with van der Waals surface area (Å²) in [6.45, 7) is 9.39. The summed E-state index contributed by atoms with van der Waals surface area (Å²) in [7, 11) is 1.54. The van der Waals surface area contributed by atoms with Crippen LogP contribution in [0.2, 0.25) is 0 Å². The fourth-order valence-electron chi connectivity index (χ4n) is 2.27. The van der Waals surface area contributed by atoms with Crippen LogP contribution < -0.4 is 10.6 Å². The summed E-state index contributed by atoms with van der Waals surface area (Å²) in [5, 5.41) is 9.50. The molecule has 0 aliphatic rings. The van der Waals surface area contributed by atoms with Gasteiger partial charge in [0.25, 0.3) is 5.91 Å². The molecule has 140 valence electrons. The highest BCUT2D eigenvalue weighted by Crippen LogP contribution is 2.24. The largest absolute Gasteiger partial charge is 0.380 e. The van der Waals surface area contributed by atoms with Crippen molar-refractivity contribution < 1.29 is 18.8 Å². The van der Waals surface area contributed by atoms with Gasteiger partial charge in [0.05, 0.1) is 12.2 Å². The molecule has 0 unspecified atom stereocenters. The minimum absolute atomic E-state index is 0.0698. The number of hydrogen-bond acceptors (Lipinski definition) is 5. The molecule has 7 nitrogen and oxygen atoms in total. The molecular formula is C19H25N3O4. The number of carbonyl (C=O) groups excluding carboxylic acids is 2. The number of aromatic nitrogens is 1. The van der Waals surface area contributed by atoms with Gasteiger partial charge in [-0.15, -0.1) is 0 Å². The van der Waals surface area contributed by atoms with E-state index in [4.69, 9.17) is 9.26 Å². The normalized spacial score (nSPS) is 11.3. The summed E-state index contributed by atoms with van der Waals surface area (Å²) < 4.78 is 10.2. The third-order valence-corrected chi connectivity index (χ3v) is 3.90. The molecular weight excluding hydrogens is 334 g/mol. The number of benzene rings is 1. The van der Waals surface area contributed by atoms with E-state index in [-0.39, 0.29) is 24.1 Å². The van der Waals surface area contributed by atoms with Crippen LogP contribution in [-0.4, -0.2) is 24.1 Å². The first-order valence-electron chi connectivity index (χ1n) is 8.31. The van der Waals surface area contributed by atoms with E-state index < -0.39 is 5.41 Å². The Labute approximate surface area is 153 Å². The van der Waals surface area contributed by atoms with Crippen LogP contribution in [0.15, 0.2) is 22.7 Å². The van der Waals surface area contributed by atoms with Gasteiger partial charge in [-0.05, 0) is 37.6 Å². The summed E-state index contributed by atoms with van der Waals surface area (Å²) in [6.07, 6.45) is 0. The van der Waals surface area contributed by atoms with Crippen LogP contribution in [-0.2, 0) is 16.1 Å². The number of ether oxygens (including phenoxy) is 1. The van der Waals surface area contributed by atoms with Crippen LogP contribution in [0.25, 0.3) is 0 Å². The van der Waals surface area contributed by atoms with Crippen molar-refractivity contribution in [2.75, 3.05) is 17.7 Å². The molecule has 2 rings (SSSR count). The van der Waals surface area contributed by atoms with Crippen molar-refractivity contribution in [1.29, 1.82) is 0 Å². The Kier molecular flexibility index (Phi) is 5.82. The number of aryl methyl sites for hydroxylation is 2. The second kappa shape index (κ2) is 7.70. The highest BCUT2D eigenvalue weighted by molar-refractivity contribution is 6.04. The van der Waals surface area contributed by atoms with Gasteiger partial charge in [0.1, 0.15) is 5.76 Å². The molecule has 1 heterocycles. The van der Waals surface area contributed by atoms with Crippen LogP contribution >= 0.6 is 0 Å². The molecule has 0 atom stereocenters. The number of hydrogen-bond donors (Lipinski definition) is 2. The maximum atomic E-state index is 12.5. The summed E-state index contributed by atoms with van der Waals surface area (Å²) in [6, 6.07) is 5.28. The number of rotatable bonds is 5. The maximum absolute atomic E-state index is 12.5. The van der Waals surface area contributed by atoms with Gasteiger partial charge in [-0.1, -0.05) is 25.9 Å². The zero-order valence-electron chi connectivity index (χ0n) is 16.0. The van der Waals surface area contributed by atoms with Gasteiger partial charge in [-0.25, -0.2) is 0 Å². The van der Waals surface area contributed by atoms with E-state index in [0.29, 0.717) is 22.7 Å². The van der Waals surface area contributed by atoms with Gasteiger partial charge in [0.15, 0.2) is 5.69 Å². The molecule has 0 saturated carbocycles. The molecule has 2 N–H and O–H groups in total. The van der Waals surface area contributed by atoms with Gasteiger partial charge < -0.3 is 19.9 Å². The van der Waals surface area contributed by atoms with Crippen LogP contribution in [0.1, 0.15) is 48.1 Å². The summed E-state index contributed by atoms with van der Waals surface area (Å²) in [4.78, 5) is 24.6. The lowest BCUT2D eigenvalue weighted by molar-refractivity contribution is -0.123. The Morgan fingerprint density at radius 2 is 1.88 bits per heavy atom. The number of carbonyl (C=O) groups is 2. The van der Waals surface area contributed by atoms with Crippen LogP contribution in [0.4, 0.5) is 11.4 Å². The molecule has 26 heavy (non-hydrogen) atoms. The first-order chi connectivity index (χ1) is 12.1. The van der Waals surface area contributed by atoms with Crippen molar-refractivity contribution >= 4 is 23.2 Å². The van der Waals surface area contributed by atoms with E-state index in [2.05, 4.69) is 15.8 Å². The Morgan fingerprint density at radius 3 is 2.46 bits per heavy atom. The van der Waals surface area contributed by atoms with Crippen molar-refractivity contribution in [3.8, 4) is 0 Å². The Bertz CT molecular complexity index is 819. The summed E-state index contributed by atoms with van der Waals surface area (Å²) in [5.74, 6) is 0.105. The number of nitrogens with one attached hydrogen (secondary N) is 2. The topological polar surface area (TPSA) is 93.5 Å². The minimum Gasteiger partial charge on any atom is -0.380 e. The Balaban J connectivity index is 2.15. The molecule has 1 aromatic heterocycles. The smallest absolute Gasteiger partial charge is 0.278 e. The van der Waals surface area contributed by atoms with Crippen molar-refractivity contribution in [2.24, 2.45) is 5.41 Å². The van der Waals surface area contributed by atoms with Gasteiger partial charge in [0.2, 0.25) is 5.91 Å². The third kappa shape index (κ3) is 4.49. The molecule has 2 amide bonds. The fraction of sp³-hybridized carbons (Fsp3) is 0.421. The van der Waals surface area contributed by atoms with Crippen molar-refractivity contribution in [3.05, 3.63) is 40.8 Å². The van der Waals surface area contributed by atoms with Crippen molar-refractivity contribution in [1.82, 2.24) is 5.16 Å². The van der Waals surface area contributed by atoms with Gasteiger partial charge >= 0.3 is 0 Å². The average molecular weight is 359 g/mol.